The van der Waals surface area contributed by atoms with E-state index in [4.69, 9.17) is 5.11 Å². The van der Waals surface area contributed by atoms with Gasteiger partial charge < -0.3 is 15.7 Å². The minimum Gasteiger partial charge on any atom is -0.396 e. The number of aliphatic hydroxyl groups is 1. The quantitative estimate of drug-likeness (QED) is 0.656. The highest BCUT2D eigenvalue weighted by atomic mass is 19.1. The fourth-order valence-corrected chi connectivity index (χ4v) is 2.13. The van der Waals surface area contributed by atoms with Crippen LogP contribution in [0.25, 0.3) is 0 Å². The highest BCUT2D eigenvalue weighted by Crippen LogP contribution is 2.17. The molecule has 0 bridgehead atoms. The van der Waals surface area contributed by atoms with Crippen LogP contribution in [0.4, 0.5) is 14.5 Å². The second-order valence-electron chi connectivity index (χ2n) is 4.94. The highest BCUT2D eigenvalue weighted by Gasteiger charge is 2.12. The Kier molecular flexibility index (Phi) is 7.85. The Morgan fingerprint density at radius 2 is 1.95 bits per heavy atom. The summed E-state index contributed by atoms with van der Waals surface area (Å²) >= 11 is 0. The first-order chi connectivity index (χ1) is 10.1. The van der Waals surface area contributed by atoms with Gasteiger partial charge in [-0.1, -0.05) is 19.4 Å². The van der Waals surface area contributed by atoms with Gasteiger partial charge in [-0.05, 0) is 37.4 Å². The minimum atomic E-state index is -0.799. The van der Waals surface area contributed by atoms with E-state index in [1.807, 2.05) is 0 Å². The van der Waals surface area contributed by atoms with Crippen molar-refractivity contribution in [1.82, 2.24) is 5.32 Å². The summed E-state index contributed by atoms with van der Waals surface area (Å²) in [5, 5.41) is 14.1. The van der Waals surface area contributed by atoms with Crippen molar-refractivity contribution in [3.05, 3.63) is 29.8 Å². The average Bonchev–Trinajstić information content (AvgIpc) is 2.43. The largest absolute Gasteiger partial charge is 0.396 e. The molecule has 0 aliphatic rings. The Balaban J connectivity index is 2.40. The second kappa shape index (κ2) is 9.41. The van der Waals surface area contributed by atoms with E-state index < -0.39 is 23.2 Å². The van der Waals surface area contributed by atoms with Crippen molar-refractivity contribution in [3.8, 4) is 0 Å². The second-order valence-corrected chi connectivity index (χ2v) is 4.94. The summed E-state index contributed by atoms with van der Waals surface area (Å²) in [6.07, 6.45) is 2.63. The van der Waals surface area contributed by atoms with E-state index in [2.05, 4.69) is 17.6 Å². The van der Waals surface area contributed by atoms with E-state index in [0.717, 1.165) is 25.0 Å². The molecule has 1 atom stereocenters. The van der Waals surface area contributed by atoms with Crippen molar-refractivity contribution >= 4 is 11.6 Å². The summed E-state index contributed by atoms with van der Waals surface area (Å²) in [5.41, 5.74) is -0.426. The number of nitrogens with one attached hydrogen (secondary N) is 2. The number of amides is 1. The molecule has 0 spiro atoms. The normalized spacial score (nSPS) is 12.2. The van der Waals surface area contributed by atoms with Crippen LogP contribution in [0, 0.1) is 17.6 Å². The fourth-order valence-electron chi connectivity index (χ4n) is 2.13. The molecule has 0 aliphatic carbocycles. The zero-order valence-electron chi connectivity index (χ0n) is 12.2. The van der Waals surface area contributed by atoms with E-state index in [9.17, 15) is 13.6 Å². The van der Waals surface area contributed by atoms with Crippen LogP contribution in [0.15, 0.2) is 18.2 Å². The van der Waals surface area contributed by atoms with Gasteiger partial charge in [0, 0.05) is 6.61 Å². The lowest BCUT2D eigenvalue weighted by Gasteiger charge is -2.15. The van der Waals surface area contributed by atoms with Gasteiger partial charge in [-0.25, -0.2) is 8.78 Å². The molecule has 0 fully saturated rings. The van der Waals surface area contributed by atoms with Gasteiger partial charge in [-0.2, -0.15) is 0 Å². The van der Waals surface area contributed by atoms with Gasteiger partial charge in [0.15, 0.2) is 0 Å². The Hall–Kier alpha value is -1.53. The van der Waals surface area contributed by atoms with Crippen molar-refractivity contribution in [2.24, 2.45) is 5.92 Å². The van der Waals surface area contributed by atoms with Crippen LogP contribution < -0.4 is 10.6 Å². The Morgan fingerprint density at radius 3 is 2.52 bits per heavy atom. The van der Waals surface area contributed by atoms with Crippen molar-refractivity contribution in [2.75, 3.05) is 25.0 Å². The van der Waals surface area contributed by atoms with Gasteiger partial charge >= 0.3 is 0 Å². The van der Waals surface area contributed by atoms with Crippen molar-refractivity contribution in [3.63, 3.8) is 0 Å². The number of hydrogen-bond acceptors (Lipinski definition) is 3. The van der Waals surface area contributed by atoms with Crippen molar-refractivity contribution < 1.29 is 18.7 Å². The average molecular weight is 300 g/mol. The van der Waals surface area contributed by atoms with Crippen LogP contribution in [0.5, 0.6) is 0 Å². The Morgan fingerprint density at radius 1 is 1.29 bits per heavy atom. The number of hydrogen-bond donors (Lipinski definition) is 3. The minimum absolute atomic E-state index is 0.0284. The Labute approximate surface area is 123 Å². The van der Waals surface area contributed by atoms with Gasteiger partial charge in [-0.3, -0.25) is 4.79 Å². The summed E-state index contributed by atoms with van der Waals surface area (Å²) in [7, 11) is 0. The molecule has 1 aromatic carbocycles. The maximum atomic E-state index is 13.4. The number of anilines is 1. The molecule has 0 aromatic heterocycles. The molecule has 1 unspecified atom stereocenters. The summed E-state index contributed by atoms with van der Waals surface area (Å²) in [5.74, 6) is -1.81. The zero-order valence-corrected chi connectivity index (χ0v) is 12.2. The summed E-state index contributed by atoms with van der Waals surface area (Å²) in [6, 6.07) is 3.41. The van der Waals surface area contributed by atoms with Crippen molar-refractivity contribution in [2.45, 2.75) is 26.2 Å². The van der Waals surface area contributed by atoms with Gasteiger partial charge in [0.05, 0.1) is 6.54 Å². The maximum absolute atomic E-state index is 13.4. The van der Waals surface area contributed by atoms with Gasteiger partial charge in [0.2, 0.25) is 5.91 Å². The molecular weight excluding hydrogens is 278 g/mol. The van der Waals surface area contributed by atoms with Crippen LogP contribution in [-0.2, 0) is 4.79 Å². The predicted molar refractivity (Wildman–Crippen MR) is 78.0 cm³/mol. The zero-order chi connectivity index (χ0) is 15.7. The number of aliphatic hydroxyl groups excluding tert-OH is 1. The van der Waals surface area contributed by atoms with Crippen LogP contribution in [0.2, 0.25) is 0 Å². The SMILES string of the molecule is CCCC(CCO)CNCC(=O)Nc1c(F)cccc1F. The maximum Gasteiger partial charge on any atom is 0.238 e. The fraction of sp³-hybridized carbons (Fsp3) is 0.533. The number of para-hydroxylation sites is 1. The molecule has 1 aromatic rings. The van der Waals surface area contributed by atoms with Crippen molar-refractivity contribution in [1.29, 1.82) is 0 Å². The predicted octanol–water partition coefficient (Wildman–Crippen LogP) is 2.29. The van der Waals surface area contributed by atoms with Gasteiger partial charge in [-0.15, -0.1) is 0 Å². The molecule has 6 heteroatoms. The first-order valence-electron chi connectivity index (χ1n) is 7.13. The summed E-state index contributed by atoms with van der Waals surface area (Å²) < 4.78 is 26.7. The first kappa shape index (κ1) is 17.5. The lowest BCUT2D eigenvalue weighted by atomic mass is 10.0. The van der Waals surface area contributed by atoms with E-state index in [-0.39, 0.29) is 19.1 Å². The Bertz CT molecular complexity index is 429. The van der Waals surface area contributed by atoms with E-state index in [1.54, 1.807) is 0 Å². The third-order valence-electron chi connectivity index (χ3n) is 3.18. The van der Waals surface area contributed by atoms with E-state index in [1.165, 1.54) is 6.07 Å². The van der Waals surface area contributed by atoms with Crippen LogP contribution in [-0.4, -0.2) is 30.7 Å². The van der Waals surface area contributed by atoms with Gasteiger partial charge in [0.25, 0.3) is 0 Å². The smallest absolute Gasteiger partial charge is 0.238 e. The molecule has 0 saturated heterocycles. The molecule has 0 radical (unpaired) electrons. The third-order valence-corrected chi connectivity index (χ3v) is 3.18. The molecular formula is C15H22F2N2O2. The number of benzene rings is 1. The number of carbonyl (C=O) groups is 1. The van der Waals surface area contributed by atoms with E-state index >= 15 is 0 Å². The topological polar surface area (TPSA) is 61.4 Å². The number of halogens is 2. The standard InChI is InChI=1S/C15H22F2N2O2/c1-2-4-11(7-8-20)9-18-10-14(21)19-15-12(16)5-3-6-13(15)17/h3,5-6,11,18,20H,2,4,7-10H2,1H3,(H,19,21). The third kappa shape index (κ3) is 6.18. The molecule has 4 nitrogen and oxygen atoms in total. The first-order valence-corrected chi connectivity index (χ1v) is 7.13. The monoisotopic (exact) mass is 300 g/mol. The summed E-state index contributed by atoms with van der Waals surface area (Å²) in [6.45, 7) is 2.72. The molecule has 1 rings (SSSR count). The number of carbonyl (C=O) groups excluding carboxylic acids is 1. The van der Waals surface area contributed by atoms with Gasteiger partial charge in [0.1, 0.15) is 17.3 Å². The molecule has 0 heterocycles. The molecule has 0 aliphatic heterocycles. The van der Waals surface area contributed by atoms with Crippen LogP contribution in [0.3, 0.4) is 0 Å². The molecule has 118 valence electrons. The van der Waals surface area contributed by atoms with Crippen LogP contribution >= 0.6 is 0 Å². The molecule has 21 heavy (non-hydrogen) atoms. The van der Waals surface area contributed by atoms with Crippen LogP contribution in [0.1, 0.15) is 26.2 Å². The summed E-state index contributed by atoms with van der Waals surface area (Å²) in [4.78, 5) is 11.7. The lowest BCUT2D eigenvalue weighted by molar-refractivity contribution is -0.115. The van der Waals surface area contributed by atoms with E-state index in [0.29, 0.717) is 13.0 Å². The lowest BCUT2D eigenvalue weighted by Crippen LogP contribution is -2.32. The molecule has 1 amide bonds. The molecule has 0 saturated carbocycles. The highest BCUT2D eigenvalue weighted by molar-refractivity contribution is 5.92. The molecule has 3 N–H and O–H groups in total. The number of rotatable bonds is 9.